The van der Waals surface area contributed by atoms with Gasteiger partial charge in [-0.25, -0.2) is 0 Å². The third-order valence-corrected chi connectivity index (χ3v) is 8.91. The third kappa shape index (κ3) is 3.86. The van der Waals surface area contributed by atoms with E-state index in [-0.39, 0.29) is 28.0 Å². The van der Waals surface area contributed by atoms with Crippen molar-refractivity contribution in [1.29, 1.82) is 0 Å². The first-order valence-electron chi connectivity index (χ1n) is 14.1. The van der Waals surface area contributed by atoms with Crippen LogP contribution in [0.25, 0.3) is 6.08 Å². The van der Waals surface area contributed by atoms with Crippen LogP contribution in [0.3, 0.4) is 0 Å². The van der Waals surface area contributed by atoms with Gasteiger partial charge in [-0.15, -0.1) is 0 Å². The first-order chi connectivity index (χ1) is 18.1. The Bertz CT molecular complexity index is 1490. The van der Waals surface area contributed by atoms with Gasteiger partial charge in [0.1, 0.15) is 0 Å². The molecule has 0 unspecified atom stereocenters. The van der Waals surface area contributed by atoms with E-state index < -0.39 is 0 Å². The molecule has 1 heterocycles. The zero-order chi connectivity index (χ0) is 26.8. The van der Waals surface area contributed by atoms with E-state index in [0.29, 0.717) is 17.2 Å². The van der Waals surface area contributed by atoms with Gasteiger partial charge in [-0.05, 0) is 76.9 Å². The Balaban J connectivity index is 1.43. The van der Waals surface area contributed by atoms with E-state index in [9.17, 15) is 9.59 Å². The van der Waals surface area contributed by atoms with Gasteiger partial charge in [0.15, 0.2) is 11.6 Å². The van der Waals surface area contributed by atoms with E-state index in [4.69, 9.17) is 0 Å². The van der Waals surface area contributed by atoms with Gasteiger partial charge < -0.3 is 4.90 Å². The van der Waals surface area contributed by atoms with Crippen molar-refractivity contribution in [3.05, 3.63) is 99.6 Å². The second kappa shape index (κ2) is 8.80. The highest BCUT2D eigenvalue weighted by molar-refractivity contribution is 6.41. The molecule has 3 aromatic carbocycles. The molecule has 1 aliphatic heterocycles. The number of carbonyl (C=O) groups excluding carboxylic acids is 2. The predicted molar refractivity (Wildman–Crippen MR) is 156 cm³/mol. The highest BCUT2D eigenvalue weighted by Crippen LogP contribution is 2.51. The van der Waals surface area contributed by atoms with E-state index >= 15 is 0 Å². The molecule has 0 amide bonds. The van der Waals surface area contributed by atoms with Gasteiger partial charge in [-0.3, -0.25) is 9.59 Å². The van der Waals surface area contributed by atoms with Crippen LogP contribution in [0.1, 0.15) is 110 Å². The largest absolute Gasteiger partial charge is 0.338 e. The maximum atomic E-state index is 13.4. The molecule has 6 rings (SSSR count). The molecule has 1 saturated carbocycles. The summed E-state index contributed by atoms with van der Waals surface area (Å²) in [7, 11) is 0. The van der Waals surface area contributed by atoms with Crippen LogP contribution in [0.2, 0.25) is 0 Å². The number of hydrogen-bond acceptors (Lipinski definition) is 3. The van der Waals surface area contributed by atoms with Crippen LogP contribution >= 0.6 is 0 Å². The first kappa shape index (κ1) is 24.9. The Kier molecular flexibility index (Phi) is 5.75. The molecule has 3 heteroatoms. The molecule has 0 aromatic heterocycles. The van der Waals surface area contributed by atoms with E-state index in [1.54, 1.807) is 0 Å². The fourth-order valence-electron chi connectivity index (χ4n) is 6.66. The zero-order valence-electron chi connectivity index (χ0n) is 23.2. The SMILES string of the molecule is CC(C)(C)c1ccc2c(c1)C(=O)/C(=C\c1ccc3c(c1)C(C)(C)c1ccccc1N3C1CCCCC1)C2=O. The highest BCUT2D eigenvalue weighted by Gasteiger charge is 2.39. The molecule has 3 aliphatic rings. The van der Waals surface area contributed by atoms with E-state index in [0.717, 1.165) is 11.1 Å². The molecule has 0 radical (unpaired) electrons. The van der Waals surface area contributed by atoms with Gasteiger partial charge in [-0.2, -0.15) is 0 Å². The lowest BCUT2D eigenvalue weighted by molar-refractivity contribution is 0.0990. The van der Waals surface area contributed by atoms with Gasteiger partial charge in [0.05, 0.1) is 5.57 Å². The van der Waals surface area contributed by atoms with Crippen molar-refractivity contribution in [3.8, 4) is 0 Å². The van der Waals surface area contributed by atoms with Crippen LogP contribution < -0.4 is 4.90 Å². The van der Waals surface area contributed by atoms with Crippen molar-refractivity contribution in [3.63, 3.8) is 0 Å². The van der Waals surface area contributed by atoms with Crippen molar-refractivity contribution < 1.29 is 9.59 Å². The lowest BCUT2D eigenvalue weighted by atomic mass is 9.72. The topological polar surface area (TPSA) is 37.4 Å². The number of rotatable bonds is 2. The van der Waals surface area contributed by atoms with Crippen LogP contribution in [-0.4, -0.2) is 17.6 Å². The first-order valence-corrected chi connectivity index (χ1v) is 14.1. The summed E-state index contributed by atoms with van der Waals surface area (Å²) in [6, 6.07) is 21.5. The van der Waals surface area contributed by atoms with E-state index in [1.807, 2.05) is 24.3 Å². The van der Waals surface area contributed by atoms with Gasteiger partial charge in [0.25, 0.3) is 0 Å². The standard InChI is InChI=1S/C35H37NO2/c1-34(2,3)23-16-17-25-26(21-23)33(38)27(32(25)37)19-22-15-18-31-29(20-22)35(4,5)28-13-9-10-14-30(28)36(31)24-11-7-6-8-12-24/h9-10,13-21,24H,6-8,11-12H2,1-5H3/b27-19-. The molecule has 38 heavy (non-hydrogen) atoms. The van der Waals surface area contributed by atoms with Crippen molar-refractivity contribution in [2.24, 2.45) is 0 Å². The molecule has 2 aliphatic carbocycles. The number of anilines is 2. The minimum atomic E-state index is -0.195. The monoisotopic (exact) mass is 503 g/mol. The van der Waals surface area contributed by atoms with E-state index in [1.165, 1.54) is 54.6 Å². The second-order valence-electron chi connectivity index (χ2n) is 12.8. The Labute approximate surface area is 226 Å². The molecule has 0 saturated heterocycles. The molecular formula is C35H37NO2. The summed E-state index contributed by atoms with van der Waals surface area (Å²) < 4.78 is 0. The summed E-state index contributed by atoms with van der Waals surface area (Å²) in [5.41, 5.74) is 8.16. The van der Waals surface area contributed by atoms with Crippen LogP contribution in [-0.2, 0) is 10.8 Å². The smallest absolute Gasteiger partial charge is 0.197 e. The fourth-order valence-corrected chi connectivity index (χ4v) is 6.66. The summed E-state index contributed by atoms with van der Waals surface area (Å²) in [5.74, 6) is -0.334. The Morgan fingerprint density at radius 2 is 1.47 bits per heavy atom. The Morgan fingerprint density at radius 3 is 2.21 bits per heavy atom. The van der Waals surface area contributed by atoms with E-state index in [2.05, 4.69) is 82.0 Å². The normalized spacial score (nSPS) is 19.9. The molecule has 0 N–H and O–H groups in total. The number of nitrogens with zero attached hydrogens (tertiary/aromatic N) is 1. The number of para-hydroxylation sites is 1. The van der Waals surface area contributed by atoms with Crippen LogP contribution in [0.4, 0.5) is 11.4 Å². The number of benzene rings is 3. The molecule has 194 valence electrons. The molecule has 0 atom stereocenters. The molecule has 1 fully saturated rings. The number of hydrogen-bond donors (Lipinski definition) is 0. The number of carbonyl (C=O) groups is 2. The van der Waals surface area contributed by atoms with Gasteiger partial charge in [0, 0.05) is 34.0 Å². The van der Waals surface area contributed by atoms with Crippen LogP contribution in [0.5, 0.6) is 0 Å². The summed E-state index contributed by atoms with van der Waals surface area (Å²) in [6.07, 6.45) is 8.08. The van der Waals surface area contributed by atoms with Crippen LogP contribution in [0.15, 0.2) is 66.2 Å². The van der Waals surface area contributed by atoms with Crippen LogP contribution in [0, 0.1) is 0 Å². The number of ketones is 2. The average molecular weight is 504 g/mol. The molecule has 3 aromatic rings. The lowest BCUT2D eigenvalue weighted by Gasteiger charge is -2.46. The molecular weight excluding hydrogens is 466 g/mol. The van der Waals surface area contributed by atoms with Crippen molar-refractivity contribution in [2.45, 2.75) is 83.6 Å². The number of Topliss-reactive ketones (excluding diaryl/α,β-unsaturated/α-hetero) is 2. The van der Waals surface area contributed by atoms with Gasteiger partial charge in [-0.1, -0.05) is 84.2 Å². The van der Waals surface area contributed by atoms with Gasteiger partial charge >= 0.3 is 0 Å². The molecule has 3 nitrogen and oxygen atoms in total. The zero-order valence-corrected chi connectivity index (χ0v) is 23.2. The van der Waals surface area contributed by atoms with Crippen molar-refractivity contribution in [2.75, 3.05) is 4.90 Å². The summed E-state index contributed by atoms with van der Waals surface area (Å²) in [5, 5.41) is 0. The maximum absolute atomic E-state index is 13.4. The quantitative estimate of drug-likeness (QED) is 0.260. The van der Waals surface area contributed by atoms with Crippen molar-refractivity contribution >= 4 is 29.0 Å². The third-order valence-electron chi connectivity index (χ3n) is 8.91. The minimum Gasteiger partial charge on any atom is -0.338 e. The predicted octanol–water partition coefficient (Wildman–Crippen LogP) is 8.56. The summed E-state index contributed by atoms with van der Waals surface area (Å²) in [6.45, 7) is 10.9. The Morgan fingerprint density at radius 1 is 0.789 bits per heavy atom. The number of allylic oxidation sites excluding steroid dienone is 1. The Hall–Kier alpha value is -3.46. The average Bonchev–Trinajstić information content (AvgIpc) is 3.14. The number of fused-ring (bicyclic) bond motifs is 3. The maximum Gasteiger partial charge on any atom is 0.197 e. The fraction of sp³-hybridized carbons (Fsp3) is 0.371. The summed E-state index contributed by atoms with van der Waals surface area (Å²) in [4.78, 5) is 29.3. The highest BCUT2D eigenvalue weighted by atomic mass is 16.2. The molecule has 0 bridgehead atoms. The lowest BCUT2D eigenvalue weighted by Crippen LogP contribution is -2.40. The summed E-state index contributed by atoms with van der Waals surface area (Å²) >= 11 is 0. The minimum absolute atomic E-state index is 0.0879. The van der Waals surface area contributed by atoms with Gasteiger partial charge in [0.2, 0.25) is 0 Å². The van der Waals surface area contributed by atoms with Crippen molar-refractivity contribution in [1.82, 2.24) is 0 Å². The molecule has 0 spiro atoms. The second-order valence-corrected chi connectivity index (χ2v) is 12.8.